The van der Waals surface area contributed by atoms with E-state index in [4.69, 9.17) is 27.9 Å². The Morgan fingerprint density at radius 2 is 1.73 bits per heavy atom. The number of halogens is 2. The lowest BCUT2D eigenvalue weighted by molar-refractivity contribution is 0.102. The van der Waals surface area contributed by atoms with Gasteiger partial charge in [-0.25, -0.2) is 9.97 Å². The number of anilines is 3. The van der Waals surface area contributed by atoms with E-state index < -0.39 is 0 Å². The fraction of sp³-hybridized carbons (Fsp3) is 0.0556. The monoisotopic (exact) mass is 388 g/mol. The smallest absolute Gasteiger partial charge is 0.274 e. The molecule has 0 fully saturated rings. The normalized spacial score (nSPS) is 10.3. The lowest BCUT2D eigenvalue weighted by Crippen LogP contribution is -2.14. The second kappa shape index (κ2) is 8.03. The Balaban J connectivity index is 1.76. The van der Waals surface area contributed by atoms with Crippen LogP contribution in [0, 0.1) is 0 Å². The number of amides is 1. The van der Waals surface area contributed by atoms with Gasteiger partial charge in [0.2, 0.25) is 5.95 Å². The molecule has 3 rings (SSSR count). The summed E-state index contributed by atoms with van der Waals surface area (Å²) in [6, 6.07) is 13.6. The molecule has 0 aliphatic rings. The van der Waals surface area contributed by atoms with Gasteiger partial charge < -0.3 is 15.4 Å². The summed E-state index contributed by atoms with van der Waals surface area (Å²) in [6.45, 7) is 0. The maximum atomic E-state index is 12.4. The molecule has 1 amide bonds. The van der Waals surface area contributed by atoms with Gasteiger partial charge in [0.25, 0.3) is 5.91 Å². The van der Waals surface area contributed by atoms with E-state index in [0.717, 1.165) is 0 Å². The highest BCUT2D eigenvalue weighted by Crippen LogP contribution is 2.31. The summed E-state index contributed by atoms with van der Waals surface area (Å²) in [5, 5.41) is 6.54. The summed E-state index contributed by atoms with van der Waals surface area (Å²) in [7, 11) is 1.58. The van der Waals surface area contributed by atoms with Crippen LogP contribution in [0.3, 0.4) is 0 Å². The number of nitrogens with one attached hydrogen (secondary N) is 2. The van der Waals surface area contributed by atoms with Crippen LogP contribution in [0.25, 0.3) is 0 Å². The molecule has 0 radical (unpaired) electrons. The highest BCUT2D eigenvalue weighted by molar-refractivity contribution is 6.39. The molecule has 2 N–H and O–H groups in total. The standard InChI is InChI=1S/C18H14Cl2N4O2/c1-26-12-7-5-11(6-8-12)22-17(25)15-9-10-21-18(23-15)24-16-13(19)3-2-4-14(16)20/h2-10H,1H3,(H,22,25)(H,21,23,24). The Bertz CT molecular complexity index is 912. The Hall–Kier alpha value is -2.83. The highest BCUT2D eigenvalue weighted by atomic mass is 35.5. The van der Waals surface area contributed by atoms with Crippen molar-refractivity contribution in [3.63, 3.8) is 0 Å². The summed E-state index contributed by atoms with van der Waals surface area (Å²) in [5.41, 5.74) is 1.29. The summed E-state index contributed by atoms with van der Waals surface area (Å²) in [6.07, 6.45) is 1.48. The molecule has 6 nitrogen and oxygen atoms in total. The van der Waals surface area contributed by atoms with E-state index in [2.05, 4.69) is 20.6 Å². The summed E-state index contributed by atoms with van der Waals surface area (Å²) >= 11 is 12.2. The third kappa shape index (κ3) is 4.22. The quantitative estimate of drug-likeness (QED) is 0.656. The Morgan fingerprint density at radius 1 is 1.04 bits per heavy atom. The van der Waals surface area contributed by atoms with Crippen molar-refractivity contribution in [2.24, 2.45) is 0 Å². The molecule has 132 valence electrons. The summed E-state index contributed by atoms with van der Waals surface area (Å²) in [5.74, 6) is 0.543. The first-order valence-electron chi connectivity index (χ1n) is 7.56. The van der Waals surface area contributed by atoms with Gasteiger partial charge in [-0.05, 0) is 42.5 Å². The largest absolute Gasteiger partial charge is 0.497 e. The molecule has 0 bridgehead atoms. The van der Waals surface area contributed by atoms with E-state index in [1.165, 1.54) is 12.3 Å². The number of nitrogens with zero attached hydrogens (tertiary/aromatic N) is 2. The van der Waals surface area contributed by atoms with Crippen molar-refractivity contribution in [1.29, 1.82) is 0 Å². The van der Waals surface area contributed by atoms with E-state index in [0.29, 0.717) is 27.2 Å². The number of methoxy groups -OCH3 is 1. The fourth-order valence-corrected chi connectivity index (χ4v) is 2.64. The first-order chi connectivity index (χ1) is 12.6. The van der Waals surface area contributed by atoms with Gasteiger partial charge in [-0.2, -0.15) is 0 Å². The average Bonchev–Trinajstić information content (AvgIpc) is 2.66. The van der Waals surface area contributed by atoms with Gasteiger partial charge in [0.15, 0.2) is 0 Å². The fourth-order valence-electron chi connectivity index (χ4n) is 2.14. The molecule has 0 saturated heterocycles. The van der Waals surface area contributed by atoms with Gasteiger partial charge in [0.1, 0.15) is 11.4 Å². The van der Waals surface area contributed by atoms with Crippen LogP contribution in [-0.2, 0) is 0 Å². The third-order valence-electron chi connectivity index (χ3n) is 3.44. The Labute approximate surface area is 160 Å². The predicted molar refractivity (Wildman–Crippen MR) is 103 cm³/mol. The zero-order chi connectivity index (χ0) is 18.5. The van der Waals surface area contributed by atoms with Gasteiger partial charge in [0, 0.05) is 11.9 Å². The van der Waals surface area contributed by atoms with Crippen molar-refractivity contribution in [1.82, 2.24) is 9.97 Å². The molecule has 26 heavy (non-hydrogen) atoms. The molecule has 2 aromatic carbocycles. The molecule has 8 heteroatoms. The summed E-state index contributed by atoms with van der Waals surface area (Å²) in [4.78, 5) is 20.7. The van der Waals surface area contributed by atoms with Crippen LogP contribution in [0.15, 0.2) is 54.7 Å². The predicted octanol–water partition coefficient (Wildman–Crippen LogP) is 4.79. The number of aromatic nitrogens is 2. The molecular weight excluding hydrogens is 375 g/mol. The Morgan fingerprint density at radius 3 is 2.38 bits per heavy atom. The number of benzene rings is 2. The van der Waals surface area contributed by atoms with Crippen LogP contribution in [-0.4, -0.2) is 23.0 Å². The molecule has 0 unspecified atom stereocenters. The van der Waals surface area contributed by atoms with Crippen molar-refractivity contribution in [3.05, 3.63) is 70.5 Å². The first kappa shape index (κ1) is 18.0. The summed E-state index contributed by atoms with van der Waals surface area (Å²) < 4.78 is 5.09. The molecule has 0 aliphatic heterocycles. The van der Waals surface area contributed by atoms with Crippen LogP contribution in [0.4, 0.5) is 17.3 Å². The zero-order valence-electron chi connectivity index (χ0n) is 13.7. The molecule has 1 heterocycles. The van der Waals surface area contributed by atoms with Gasteiger partial charge in [-0.15, -0.1) is 0 Å². The third-order valence-corrected chi connectivity index (χ3v) is 4.07. The maximum Gasteiger partial charge on any atom is 0.274 e. The Kier molecular flexibility index (Phi) is 5.55. The van der Waals surface area contributed by atoms with E-state index in [1.807, 2.05) is 0 Å². The van der Waals surface area contributed by atoms with Gasteiger partial charge >= 0.3 is 0 Å². The molecular formula is C18H14Cl2N4O2. The number of hydrogen-bond acceptors (Lipinski definition) is 5. The van der Waals surface area contributed by atoms with Crippen LogP contribution < -0.4 is 15.4 Å². The van der Waals surface area contributed by atoms with Gasteiger partial charge in [-0.1, -0.05) is 29.3 Å². The van der Waals surface area contributed by atoms with Crippen LogP contribution in [0.5, 0.6) is 5.75 Å². The number of para-hydroxylation sites is 1. The molecule has 0 saturated carbocycles. The topological polar surface area (TPSA) is 76.1 Å². The van der Waals surface area contributed by atoms with Gasteiger partial charge in [0.05, 0.1) is 22.8 Å². The number of hydrogen-bond donors (Lipinski definition) is 2. The lowest BCUT2D eigenvalue weighted by Gasteiger charge is -2.10. The molecule has 0 spiro atoms. The molecule has 1 aromatic heterocycles. The lowest BCUT2D eigenvalue weighted by atomic mass is 10.3. The van der Waals surface area contributed by atoms with Crippen LogP contribution in [0.1, 0.15) is 10.5 Å². The van der Waals surface area contributed by atoms with Crippen LogP contribution in [0.2, 0.25) is 10.0 Å². The van der Waals surface area contributed by atoms with Crippen molar-refractivity contribution < 1.29 is 9.53 Å². The van der Waals surface area contributed by atoms with Crippen molar-refractivity contribution in [2.45, 2.75) is 0 Å². The van der Waals surface area contributed by atoms with Crippen molar-refractivity contribution in [2.75, 3.05) is 17.7 Å². The second-order valence-electron chi connectivity index (χ2n) is 5.17. The zero-order valence-corrected chi connectivity index (χ0v) is 15.2. The minimum atomic E-state index is -0.370. The number of rotatable bonds is 5. The maximum absolute atomic E-state index is 12.4. The van der Waals surface area contributed by atoms with Crippen LogP contribution >= 0.6 is 23.2 Å². The number of carbonyl (C=O) groups excluding carboxylic acids is 1. The molecule has 0 atom stereocenters. The highest BCUT2D eigenvalue weighted by Gasteiger charge is 2.12. The average molecular weight is 389 g/mol. The number of carbonyl (C=O) groups is 1. The molecule has 0 aliphatic carbocycles. The van der Waals surface area contributed by atoms with Crippen molar-refractivity contribution in [3.8, 4) is 5.75 Å². The molecule has 3 aromatic rings. The van der Waals surface area contributed by atoms with E-state index in [-0.39, 0.29) is 17.5 Å². The van der Waals surface area contributed by atoms with E-state index in [9.17, 15) is 4.79 Å². The second-order valence-corrected chi connectivity index (χ2v) is 5.98. The van der Waals surface area contributed by atoms with E-state index >= 15 is 0 Å². The van der Waals surface area contributed by atoms with Gasteiger partial charge in [-0.3, -0.25) is 4.79 Å². The van der Waals surface area contributed by atoms with E-state index in [1.54, 1.807) is 49.6 Å². The minimum Gasteiger partial charge on any atom is -0.497 e. The SMILES string of the molecule is COc1ccc(NC(=O)c2ccnc(Nc3c(Cl)cccc3Cl)n2)cc1. The van der Waals surface area contributed by atoms with Crippen molar-refractivity contribution >= 4 is 46.4 Å². The first-order valence-corrected chi connectivity index (χ1v) is 8.32. The minimum absolute atomic E-state index is 0.196. The number of ether oxygens (including phenoxy) is 1.